The van der Waals surface area contributed by atoms with Crippen LogP contribution in [0.1, 0.15) is 10.4 Å². The summed E-state index contributed by atoms with van der Waals surface area (Å²) in [6, 6.07) is 16.1. The maximum atomic E-state index is 13.1. The van der Waals surface area contributed by atoms with Crippen LogP contribution in [0.3, 0.4) is 0 Å². The predicted octanol–water partition coefficient (Wildman–Crippen LogP) is 5.21. The molecule has 1 amide bonds. The van der Waals surface area contributed by atoms with Crippen LogP contribution in [-0.2, 0) is 10.0 Å². The van der Waals surface area contributed by atoms with Crippen LogP contribution in [0.2, 0.25) is 0 Å². The van der Waals surface area contributed by atoms with E-state index in [2.05, 4.69) is 15.0 Å². The average molecular weight is 474 g/mol. The number of halogens is 1. The highest BCUT2D eigenvalue weighted by Crippen LogP contribution is 2.30. The van der Waals surface area contributed by atoms with Gasteiger partial charge < -0.3 is 5.32 Å². The predicted molar refractivity (Wildman–Crippen MR) is 123 cm³/mol. The number of aromatic nitrogens is 1. The van der Waals surface area contributed by atoms with Crippen molar-refractivity contribution < 1.29 is 17.6 Å². The molecule has 0 saturated heterocycles. The number of anilines is 2. The Labute approximate surface area is 186 Å². The summed E-state index contributed by atoms with van der Waals surface area (Å²) in [4.78, 5) is 17.2. The number of para-hydroxylation sites is 1. The van der Waals surface area contributed by atoms with E-state index in [4.69, 9.17) is 0 Å². The minimum Gasteiger partial charge on any atom is -0.322 e. The number of carbonyl (C=O) groups is 1. The number of thioether (sulfide) groups is 1. The Kier molecular flexibility index (Phi) is 5.94. The van der Waals surface area contributed by atoms with Gasteiger partial charge in [0.2, 0.25) is 0 Å². The van der Waals surface area contributed by atoms with Gasteiger partial charge >= 0.3 is 0 Å². The van der Waals surface area contributed by atoms with Crippen molar-refractivity contribution in [2.45, 2.75) is 9.24 Å². The first-order valence-electron chi connectivity index (χ1n) is 8.99. The lowest BCUT2D eigenvalue weighted by Gasteiger charge is -2.13. The summed E-state index contributed by atoms with van der Waals surface area (Å²) in [6.45, 7) is 0. The highest BCUT2D eigenvalue weighted by molar-refractivity contribution is 8.00. The molecule has 4 rings (SSSR count). The van der Waals surface area contributed by atoms with Crippen LogP contribution in [0.25, 0.3) is 10.2 Å². The molecule has 158 valence electrons. The number of hydrogen-bond donors (Lipinski definition) is 2. The highest BCUT2D eigenvalue weighted by atomic mass is 32.2. The molecule has 0 fully saturated rings. The van der Waals surface area contributed by atoms with Gasteiger partial charge in [0, 0.05) is 5.69 Å². The highest BCUT2D eigenvalue weighted by Gasteiger charge is 2.19. The van der Waals surface area contributed by atoms with Crippen molar-refractivity contribution in [1.82, 2.24) is 4.98 Å². The van der Waals surface area contributed by atoms with E-state index in [0.29, 0.717) is 5.69 Å². The summed E-state index contributed by atoms with van der Waals surface area (Å²) in [5, 5.41) is 2.80. The van der Waals surface area contributed by atoms with Crippen LogP contribution < -0.4 is 10.0 Å². The zero-order chi connectivity index (χ0) is 22.0. The molecular weight excluding hydrogens is 457 g/mol. The van der Waals surface area contributed by atoms with Crippen LogP contribution in [0.5, 0.6) is 0 Å². The van der Waals surface area contributed by atoms with Crippen LogP contribution in [0.4, 0.5) is 15.8 Å². The van der Waals surface area contributed by atoms with Gasteiger partial charge in [-0.2, -0.15) is 0 Å². The van der Waals surface area contributed by atoms with Crippen molar-refractivity contribution >= 4 is 60.6 Å². The molecule has 31 heavy (non-hydrogen) atoms. The number of nitrogens with zero attached hydrogens (tertiary/aromatic N) is 1. The second-order valence-electron chi connectivity index (χ2n) is 6.43. The first-order valence-corrected chi connectivity index (χ1v) is 12.5. The third-order valence-corrected chi connectivity index (χ3v) is 7.73. The molecule has 0 saturated carbocycles. The molecule has 0 bridgehead atoms. The van der Waals surface area contributed by atoms with Crippen molar-refractivity contribution in [3.63, 3.8) is 0 Å². The summed E-state index contributed by atoms with van der Waals surface area (Å²) < 4.78 is 42.7. The molecule has 0 aliphatic carbocycles. The van der Waals surface area contributed by atoms with E-state index in [1.54, 1.807) is 30.0 Å². The second-order valence-corrected chi connectivity index (χ2v) is 10.2. The Morgan fingerprint density at radius 2 is 1.81 bits per heavy atom. The minimum absolute atomic E-state index is 0.107. The summed E-state index contributed by atoms with van der Waals surface area (Å²) in [5.41, 5.74) is 1.69. The van der Waals surface area contributed by atoms with Gasteiger partial charge in [-0.25, -0.2) is 17.8 Å². The molecule has 0 aliphatic rings. The number of sulfonamides is 1. The van der Waals surface area contributed by atoms with Crippen LogP contribution in [-0.4, -0.2) is 25.6 Å². The topological polar surface area (TPSA) is 88.2 Å². The molecular formula is C21H16FN3O3S3. The van der Waals surface area contributed by atoms with Gasteiger partial charge in [0.05, 0.1) is 26.4 Å². The normalized spacial score (nSPS) is 11.4. The van der Waals surface area contributed by atoms with E-state index in [0.717, 1.165) is 38.8 Å². The van der Waals surface area contributed by atoms with E-state index >= 15 is 0 Å². The lowest BCUT2D eigenvalue weighted by Crippen LogP contribution is -2.18. The molecule has 0 unspecified atom stereocenters. The second kappa shape index (κ2) is 8.66. The number of rotatable bonds is 6. The Morgan fingerprint density at radius 3 is 2.55 bits per heavy atom. The number of amides is 1. The maximum Gasteiger partial charge on any atom is 0.261 e. The quantitative estimate of drug-likeness (QED) is 0.375. The van der Waals surface area contributed by atoms with Gasteiger partial charge in [0.15, 0.2) is 4.34 Å². The van der Waals surface area contributed by atoms with Crippen molar-refractivity contribution in [2.75, 3.05) is 16.3 Å². The average Bonchev–Trinajstić information content (AvgIpc) is 3.16. The number of hydrogen-bond acceptors (Lipinski definition) is 6. The standard InChI is InChI=1S/C21H16FN3O3S3/c1-29-21-24-18-11-8-14(12-19(18)30-21)23-20(26)16-4-2-3-5-17(16)25-31(27,28)15-9-6-13(22)7-10-15/h2-12,25H,1H3,(H,23,26). The third-order valence-electron chi connectivity index (χ3n) is 4.34. The van der Waals surface area contributed by atoms with Crippen LogP contribution in [0.15, 0.2) is 76.0 Å². The molecule has 6 nitrogen and oxygen atoms in total. The van der Waals surface area contributed by atoms with Crippen molar-refractivity contribution in [1.29, 1.82) is 0 Å². The zero-order valence-corrected chi connectivity index (χ0v) is 18.6. The number of nitrogens with one attached hydrogen (secondary N) is 2. The van der Waals surface area contributed by atoms with E-state index < -0.39 is 21.7 Å². The first kappa shape index (κ1) is 21.3. The fraction of sp³-hybridized carbons (Fsp3) is 0.0476. The Morgan fingerprint density at radius 1 is 1.06 bits per heavy atom. The van der Waals surface area contributed by atoms with Gasteiger partial charge in [-0.15, -0.1) is 11.3 Å². The number of benzene rings is 3. The van der Waals surface area contributed by atoms with Crippen molar-refractivity contribution in [3.8, 4) is 0 Å². The summed E-state index contributed by atoms with van der Waals surface area (Å²) in [7, 11) is -3.99. The first-order chi connectivity index (χ1) is 14.9. The van der Waals surface area contributed by atoms with E-state index in [9.17, 15) is 17.6 Å². The SMILES string of the molecule is CSc1nc2ccc(NC(=O)c3ccccc3NS(=O)(=O)c3ccc(F)cc3)cc2s1. The van der Waals surface area contributed by atoms with Crippen LogP contribution in [0, 0.1) is 5.82 Å². The van der Waals surface area contributed by atoms with E-state index in [-0.39, 0.29) is 16.1 Å². The Hall–Kier alpha value is -2.95. The molecule has 0 aliphatic heterocycles. The molecule has 0 atom stereocenters. The molecule has 0 spiro atoms. The summed E-state index contributed by atoms with van der Waals surface area (Å²) in [5.74, 6) is -1.01. The minimum atomic E-state index is -3.99. The van der Waals surface area contributed by atoms with Gasteiger partial charge in [-0.1, -0.05) is 23.9 Å². The van der Waals surface area contributed by atoms with Gasteiger partial charge in [-0.05, 0) is 60.9 Å². The summed E-state index contributed by atoms with van der Waals surface area (Å²) >= 11 is 3.08. The van der Waals surface area contributed by atoms with E-state index in [1.165, 1.54) is 23.5 Å². The van der Waals surface area contributed by atoms with Crippen LogP contribution >= 0.6 is 23.1 Å². The summed E-state index contributed by atoms with van der Waals surface area (Å²) in [6.07, 6.45) is 1.95. The lowest BCUT2D eigenvalue weighted by atomic mass is 10.1. The van der Waals surface area contributed by atoms with Gasteiger partial charge in [0.1, 0.15) is 5.82 Å². The van der Waals surface area contributed by atoms with E-state index in [1.807, 2.05) is 18.4 Å². The lowest BCUT2D eigenvalue weighted by molar-refractivity contribution is 0.102. The molecule has 1 aromatic heterocycles. The Balaban J connectivity index is 1.59. The fourth-order valence-electron chi connectivity index (χ4n) is 2.85. The molecule has 2 N–H and O–H groups in total. The smallest absolute Gasteiger partial charge is 0.261 e. The molecule has 1 heterocycles. The molecule has 10 heteroatoms. The zero-order valence-electron chi connectivity index (χ0n) is 16.1. The monoisotopic (exact) mass is 473 g/mol. The number of fused-ring (bicyclic) bond motifs is 1. The number of thiazole rings is 1. The largest absolute Gasteiger partial charge is 0.322 e. The molecule has 0 radical (unpaired) electrons. The van der Waals surface area contributed by atoms with Gasteiger partial charge in [0.25, 0.3) is 15.9 Å². The molecule has 4 aromatic rings. The number of carbonyl (C=O) groups excluding carboxylic acids is 1. The third kappa shape index (κ3) is 4.71. The van der Waals surface area contributed by atoms with Gasteiger partial charge in [-0.3, -0.25) is 9.52 Å². The Bertz CT molecular complexity index is 1370. The molecule has 3 aromatic carbocycles. The maximum absolute atomic E-state index is 13.1. The fourth-order valence-corrected chi connectivity index (χ4v) is 5.46. The van der Waals surface area contributed by atoms with Crippen molar-refractivity contribution in [3.05, 3.63) is 78.1 Å². The van der Waals surface area contributed by atoms with Crippen molar-refractivity contribution in [2.24, 2.45) is 0 Å².